The van der Waals surface area contributed by atoms with E-state index in [1.54, 1.807) is 6.92 Å². The van der Waals surface area contributed by atoms with Gasteiger partial charge in [0.2, 0.25) is 10.0 Å². The molecule has 0 aliphatic carbocycles. The summed E-state index contributed by atoms with van der Waals surface area (Å²) in [5.41, 5.74) is 0.383. The number of nitrogens with zero attached hydrogens (tertiary/aromatic N) is 1. The maximum Gasteiger partial charge on any atom is 0.390 e. The van der Waals surface area contributed by atoms with E-state index in [1.807, 2.05) is 0 Å². The third-order valence-electron chi connectivity index (χ3n) is 3.06. The Labute approximate surface area is 127 Å². The molecule has 0 bridgehead atoms. The first-order valence-electron chi connectivity index (χ1n) is 6.45. The molecular formula is C13H17F3N2O3S. The lowest BCUT2D eigenvalue weighted by Crippen LogP contribution is -2.34. The van der Waals surface area contributed by atoms with Crippen LogP contribution in [0.3, 0.4) is 0 Å². The minimum absolute atomic E-state index is 0.116. The van der Waals surface area contributed by atoms with Crippen LogP contribution in [0.2, 0.25) is 0 Å². The van der Waals surface area contributed by atoms with Crippen molar-refractivity contribution in [2.45, 2.75) is 31.3 Å². The minimum atomic E-state index is -4.35. The molecule has 0 fully saturated rings. The molecule has 1 aromatic rings. The Morgan fingerprint density at radius 2 is 1.91 bits per heavy atom. The summed E-state index contributed by atoms with van der Waals surface area (Å²) in [4.78, 5) is 13.1. The fourth-order valence-electron chi connectivity index (χ4n) is 1.95. The zero-order valence-electron chi connectivity index (χ0n) is 12.1. The highest BCUT2D eigenvalue weighted by Gasteiger charge is 2.29. The van der Waals surface area contributed by atoms with E-state index in [-0.39, 0.29) is 22.6 Å². The van der Waals surface area contributed by atoms with Crippen LogP contribution in [-0.2, 0) is 10.0 Å². The number of primary sulfonamides is 1. The van der Waals surface area contributed by atoms with Crippen LogP contribution in [-0.4, -0.2) is 38.5 Å². The van der Waals surface area contributed by atoms with Crippen molar-refractivity contribution in [2.75, 3.05) is 13.1 Å². The van der Waals surface area contributed by atoms with Gasteiger partial charge in [-0.05, 0) is 37.6 Å². The molecule has 0 aliphatic heterocycles. The summed E-state index contributed by atoms with van der Waals surface area (Å²) in [6, 6.07) is 3.72. The summed E-state index contributed by atoms with van der Waals surface area (Å²) < 4.78 is 59.3. The van der Waals surface area contributed by atoms with Gasteiger partial charge in [-0.25, -0.2) is 13.6 Å². The van der Waals surface area contributed by atoms with Gasteiger partial charge in [0.1, 0.15) is 0 Å². The first-order chi connectivity index (χ1) is 9.95. The zero-order valence-corrected chi connectivity index (χ0v) is 13.0. The first-order valence-corrected chi connectivity index (χ1v) is 8.00. The van der Waals surface area contributed by atoms with E-state index in [0.717, 1.165) is 4.90 Å². The van der Waals surface area contributed by atoms with E-state index in [2.05, 4.69) is 0 Å². The SMILES string of the molecule is CCN(CCC(F)(F)F)C(=O)c1ccc(S(N)(=O)=O)c(C)c1. The van der Waals surface area contributed by atoms with Crippen molar-refractivity contribution in [3.8, 4) is 0 Å². The quantitative estimate of drug-likeness (QED) is 0.892. The molecule has 5 nitrogen and oxygen atoms in total. The normalized spacial score (nSPS) is 12.3. The van der Waals surface area contributed by atoms with Gasteiger partial charge in [0.15, 0.2) is 0 Å². The lowest BCUT2D eigenvalue weighted by molar-refractivity contribution is -0.136. The molecule has 0 unspecified atom stereocenters. The van der Waals surface area contributed by atoms with Gasteiger partial charge in [0.05, 0.1) is 11.3 Å². The van der Waals surface area contributed by atoms with Crippen molar-refractivity contribution in [1.29, 1.82) is 0 Å². The van der Waals surface area contributed by atoms with Gasteiger partial charge in [0, 0.05) is 18.7 Å². The molecule has 0 heterocycles. The molecule has 9 heteroatoms. The summed E-state index contributed by atoms with van der Waals surface area (Å²) >= 11 is 0. The second kappa shape index (κ2) is 6.66. The van der Waals surface area contributed by atoms with Crippen LogP contribution in [0.15, 0.2) is 23.1 Å². The number of hydrogen-bond acceptors (Lipinski definition) is 3. The van der Waals surface area contributed by atoms with Crippen LogP contribution < -0.4 is 5.14 Å². The molecule has 0 spiro atoms. The highest BCUT2D eigenvalue weighted by atomic mass is 32.2. The van der Waals surface area contributed by atoms with Crippen LogP contribution in [0, 0.1) is 6.92 Å². The molecule has 0 aliphatic rings. The van der Waals surface area contributed by atoms with Crippen LogP contribution in [0.1, 0.15) is 29.3 Å². The third-order valence-corrected chi connectivity index (χ3v) is 4.13. The summed E-state index contributed by atoms with van der Waals surface area (Å²) in [5.74, 6) is -0.587. The standard InChI is InChI=1S/C13H17F3N2O3S/c1-3-18(7-6-13(14,15)16)12(19)10-4-5-11(9(2)8-10)22(17,20)21/h4-5,8H,3,6-7H2,1-2H3,(H2,17,20,21). The molecule has 1 rings (SSSR count). The molecule has 0 atom stereocenters. The Kier molecular flexibility index (Phi) is 5.58. The second-order valence-electron chi connectivity index (χ2n) is 4.78. The van der Waals surface area contributed by atoms with Crippen molar-refractivity contribution < 1.29 is 26.4 Å². The van der Waals surface area contributed by atoms with E-state index >= 15 is 0 Å². The average molecular weight is 338 g/mol. The monoisotopic (exact) mass is 338 g/mol. The first kappa shape index (κ1) is 18.4. The zero-order chi connectivity index (χ0) is 17.1. The highest BCUT2D eigenvalue weighted by molar-refractivity contribution is 7.89. The summed E-state index contributed by atoms with van der Waals surface area (Å²) in [6.07, 6.45) is -5.44. The minimum Gasteiger partial charge on any atom is -0.339 e. The number of nitrogens with two attached hydrogens (primary N) is 1. The van der Waals surface area contributed by atoms with Crippen molar-refractivity contribution in [2.24, 2.45) is 5.14 Å². The van der Waals surface area contributed by atoms with E-state index < -0.39 is 35.1 Å². The fourth-order valence-corrected chi connectivity index (χ4v) is 2.71. The molecule has 0 saturated heterocycles. The molecule has 0 radical (unpaired) electrons. The lowest BCUT2D eigenvalue weighted by atomic mass is 10.1. The van der Waals surface area contributed by atoms with Gasteiger partial charge in [-0.15, -0.1) is 0 Å². The molecule has 0 saturated carbocycles. The van der Waals surface area contributed by atoms with Crippen molar-refractivity contribution in [3.05, 3.63) is 29.3 Å². The van der Waals surface area contributed by atoms with Gasteiger partial charge in [-0.1, -0.05) is 0 Å². The molecule has 0 aromatic heterocycles. The predicted octanol–water partition coefficient (Wildman–Crippen LogP) is 2.06. The summed E-state index contributed by atoms with van der Waals surface area (Å²) in [5, 5.41) is 5.02. The molecular weight excluding hydrogens is 321 g/mol. The smallest absolute Gasteiger partial charge is 0.339 e. The number of halogens is 3. The van der Waals surface area contributed by atoms with E-state index in [0.29, 0.717) is 0 Å². The molecule has 2 N–H and O–H groups in total. The number of amides is 1. The van der Waals surface area contributed by atoms with Crippen LogP contribution in [0.4, 0.5) is 13.2 Å². The molecule has 1 aromatic carbocycles. The van der Waals surface area contributed by atoms with Gasteiger partial charge in [-0.3, -0.25) is 4.79 Å². The Balaban J connectivity index is 2.99. The second-order valence-corrected chi connectivity index (χ2v) is 6.31. The topological polar surface area (TPSA) is 80.5 Å². The van der Waals surface area contributed by atoms with Crippen molar-refractivity contribution in [3.63, 3.8) is 0 Å². The van der Waals surface area contributed by atoms with Crippen LogP contribution in [0.5, 0.6) is 0 Å². The summed E-state index contributed by atoms with van der Waals surface area (Å²) in [6.45, 7) is 2.70. The Bertz CT molecular complexity index is 657. The van der Waals surface area contributed by atoms with Gasteiger partial charge in [-0.2, -0.15) is 13.2 Å². The fraction of sp³-hybridized carbons (Fsp3) is 0.462. The van der Waals surface area contributed by atoms with Crippen LogP contribution >= 0.6 is 0 Å². The number of aryl methyl sites for hydroxylation is 1. The molecule has 22 heavy (non-hydrogen) atoms. The lowest BCUT2D eigenvalue weighted by Gasteiger charge is -2.22. The van der Waals surface area contributed by atoms with Crippen molar-refractivity contribution >= 4 is 15.9 Å². The van der Waals surface area contributed by atoms with Gasteiger partial charge >= 0.3 is 6.18 Å². The largest absolute Gasteiger partial charge is 0.390 e. The molecule has 1 amide bonds. The number of hydrogen-bond donors (Lipinski definition) is 1. The number of alkyl halides is 3. The van der Waals surface area contributed by atoms with Gasteiger partial charge in [0.25, 0.3) is 5.91 Å². The third kappa shape index (κ3) is 4.99. The number of benzene rings is 1. The van der Waals surface area contributed by atoms with Crippen molar-refractivity contribution in [1.82, 2.24) is 4.90 Å². The average Bonchev–Trinajstić information content (AvgIpc) is 2.36. The van der Waals surface area contributed by atoms with E-state index in [9.17, 15) is 26.4 Å². The number of rotatable bonds is 5. The van der Waals surface area contributed by atoms with Crippen LogP contribution in [0.25, 0.3) is 0 Å². The number of carbonyl (C=O) groups excluding carboxylic acids is 1. The van der Waals surface area contributed by atoms with Gasteiger partial charge < -0.3 is 4.90 Å². The molecule has 124 valence electrons. The Hall–Kier alpha value is -1.61. The van der Waals surface area contributed by atoms with E-state index in [1.165, 1.54) is 25.1 Å². The predicted molar refractivity (Wildman–Crippen MR) is 74.8 cm³/mol. The highest BCUT2D eigenvalue weighted by Crippen LogP contribution is 2.21. The Morgan fingerprint density at radius 3 is 2.32 bits per heavy atom. The maximum atomic E-state index is 12.2. The maximum absolute atomic E-state index is 12.2. The summed E-state index contributed by atoms with van der Waals surface area (Å²) in [7, 11) is -3.91. The Morgan fingerprint density at radius 1 is 1.32 bits per heavy atom. The van der Waals surface area contributed by atoms with E-state index in [4.69, 9.17) is 5.14 Å². The number of carbonyl (C=O) groups is 1. The number of sulfonamides is 1.